The van der Waals surface area contributed by atoms with Crippen molar-refractivity contribution < 1.29 is 13.9 Å². The van der Waals surface area contributed by atoms with Crippen LogP contribution in [-0.4, -0.2) is 37.1 Å². The lowest BCUT2D eigenvalue weighted by Gasteiger charge is -2.27. The van der Waals surface area contributed by atoms with Crippen molar-refractivity contribution >= 4 is 11.6 Å². The van der Waals surface area contributed by atoms with E-state index >= 15 is 0 Å². The number of nitrogens with one attached hydrogen (secondary N) is 1. The first kappa shape index (κ1) is 15.4. The van der Waals surface area contributed by atoms with Crippen molar-refractivity contribution in [1.29, 1.82) is 0 Å². The summed E-state index contributed by atoms with van der Waals surface area (Å²) in [5, 5.41) is 0. The number of nitrogens with two attached hydrogens (primary N) is 1. The van der Waals surface area contributed by atoms with E-state index in [1.807, 2.05) is 13.8 Å². The van der Waals surface area contributed by atoms with E-state index in [0.29, 0.717) is 13.2 Å². The SMILES string of the molecule is COCCN(C(=O)c1cccc(F)c1NN)C(C)C. The number of halogens is 1. The van der Waals surface area contributed by atoms with E-state index < -0.39 is 5.82 Å². The summed E-state index contributed by atoms with van der Waals surface area (Å²) in [4.78, 5) is 14.0. The third-order valence-corrected chi connectivity index (χ3v) is 2.81. The van der Waals surface area contributed by atoms with E-state index in [0.717, 1.165) is 0 Å². The first-order valence-corrected chi connectivity index (χ1v) is 6.08. The van der Waals surface area contributed by atoms with E-state index in [1.165, 1.54) is 12.1 Å². The van der Waals surface area contributed by atoms with Gasteiger partial charge in [-0.2, -0.15) is 0 Å². The fourth-order valence-electron chi connectivity index (χ4n) is 1.79. The molecule has 0 bridgehead atoms. The molecule has 0 aliphatic heterocycles. The largest absolute Gasteiger partial charge is 0.383 e. The molecule has 0 aromatic heterocycles. The molecule has 0 radical (unpaired) electrons. The second kappa shape index (κ2) is 7.06. The highest BCUT2D eigenvalue weighted by Crippen LogP contribution is 2.21. The van der Waals surface area contributed by atoms with Crippen molar-refractivity contribution in [2.24, 2.45) is 5.84 Å². The number of methoxy groups -OCH3 is 1. The number of benzene rings is 1. The maximum atomic E-state index is 13.6. The van der Waals surface area contributed by atoms with Gasteiger partial charge in [-0.05, 0) is 26.0 Å². The quantitative estimate of drug-likeness (QED) is 0.608. The number of anilines is 1. The first-order chi connectivity index (χ1) is 9.02. The standard InChI is InChI=1S/C13H20FN3O2/c1-9(2)17(7-8-19-3)13(18)10-5-4-6-11(14)12(10)16-15/h4-6,9,16H,7-8,15H2,1-3H3. The average molecular weight is 269 g/mol. The number of hydrazine groups is 1. The minimum absolute atomic E-state index is 0.00978. The molecule has 1 rings (SSSR count). The van der Waals surface area contributed by atoms with Gasteiger partial charge < -0.3 is 15.1 Å². The third kappa shape index (κ3) is 3.65. The van der Waals surface area contributed by atoms with Gasteiger partial charge >= 0.3 is 0 Å². The summed E-state index contributed by atoms with van der Waals surface area (Å²) in [5.41, 5.74) is 2.47. The molecule has 3 N–H and O–H groups in total. The molecule has 0 fully saturated rings. The molecule has 0 atom stereocenters. The van der Waals surface area contributed by atoms with Gasteiger partial charge in [0.25, 0.3) is 5.91 Å². The average Bonchev–Trinajstić information content (AvgIpc) is 2.38. The molecule has 19 heavy (non-hydrogen) atoms. The van der Waals surface area contributed by atoms with Crippen molar-refractivity contribution in [2.45, 2.75) is 19.9 Å². The number of amides is 1. The molecule has 0 aliphatic carbocycles. The molecule has 6 heteroatoms. The molecular weight excluding hydrogens is 249 g/mol. The number of carbonyl (C=O) groups excluding carboxylic acids is 1. The van der Waals surface area contributed by atoms with E-state index in [4.69, 9.17) is 10.6 Å². The number of carbonyl (C=O) groups is 1. The molecular formula is C13H20FN3O2. The molecule has 0 unspecified atom stereocenters. The zero-order chi connectivity index (χ0) is 14.4. The highest BCUT2D eigenvalue weighted by atomic mass is 19.1. The summed E-state index contributed by atoms with van der Waals surface area (Å²) in [5.74, 6) is 4.45. The van der Waals surface area contributed by atoms with Crippen molar-refractivity contribution in [3.8, 4) is 0 Å². The number of para-hydroxylation sites is 1. The smallest absolute Gasteiger partial charge is 0.256 e. The Morgan fingerprint density at radius 3 is 2.74 bits per heavy atom. The lowest BCUT2D eigenvalue weighted by atomic mass is 10.1. The molecule has 0 saturated heterocycles. The van der Waals surface area contributed by atoms with Crippen LogP contribution in [0.1, 0.15) is 24.2 Å². The molecule has 0 heterocycles. The number of nitrogen functional groups attached to an aromatic ring is 1. The van der Waals surface area contributed by atoms with E-state index in [-0.39, 0.29) is 23.2 Å². The Morgan fingerprint density at radius 1 is 1.53 bits per heavy atom. The lowest BCUT2D eigenvalue weighted by molar-refractivity contribution is 0.0635. The van der Waals surface area contributed by atoms with Crippen LogP contribution in [0.5, 0.6) is 0 Å². The Kier molecular flexibility index (Phi) is 5.72. The van der Waals surface area contributed by atoms with E-state index in [1.54, 1.807) is 18.1 Å². The van der Waals surface area contributed by atoms with Crippen LogP contribution in [0.3, 0.4) is 0 Å². The molecule has 1 aromatic rings. The second-order valence-electron chi connectivity index (χ2n) is 4.39. The van der Waals surface area contributed by atoms with Crippen LogP contribution >= 0.6 is 0 Å². The Hall–Kier alpha value is -1.66. The van der Waals surface area contributed by atoms with Crippen LogP contribution < -0.4 is 11.3 Å². The Labute approximate surface area is 112 Å². The van der Waals surface area contributed by atoms with E-state index in [2.05, 4.69) is 5.43 Å². The summed E-state index contributed by atoms with van der Waals surface area (Å²) in [7, 11) is 1.57. The zero-order valence-corrected chi connectivity index (χ0v) is 11.4. The Morgan fingerprint density at radius 2 is 2.21 bits per heavy atom. The third-order valence-electron chi connectivity index (χ3n) is 2.81. The van der Waals surface area contributed by atoms with Crippen LogP contribution in [0.4, 0.5) is 10.1 Å². The van der Waals surface area contributed by atoms with Gasteiger partial charge in [0.2, 0.25) is 0 Å². The highest BCUT2D eigenvalue weighted by molar-refractivity contribution is 5.99. The normalized spacial score (nSPS) is 10.6. The number of hydrogen-bond donors (Lipinski definition) is 2. The van der Waals surface area contributed by atoms with Crippen molar-refractivity contribution in [1.82, 2.24) is 4.90 Å². The van der Waals surface area contributed by atoms with Gasteiger partial charge in [0.05, 0.1) is 17.9 Å². The number of nitrogens with zero attached hydrogens (tertiary/aromatic N) is 1. The maximum Gasteiger partial charge on any atom is 0.256 e. The van der Waals surface area contributed by atoms with Crippen LogP contribution in [0.2, 0.25) is 0 Å². The van der Waals surface area contributed by atoms with Crippen LogP contribution in [0, 0.1) is 5.82 Å². The summed E-state index contributed by atoms with van der Waals surface area (Å²) < 4.78 is 18.6. The molecule has 0 aliphatic rings. The summed E-state index contributed by atoms with van der Waals surface area (Å²) in [6, 6.07) is 4.26. The summed E-state index contributed by atoms with van der Waals surface area (Å²) in [6.45, 7) is 4.64. The van der Waals surface area contributed by atoms with Gasteiger partial charge in [-0.3, -0.25) is 10.6 Å². The number of hydrogen-bond acceptors (Lipinski definition) is 4. The second-order valence-corrected chi connectivity index (χ2v) is 4.39. The Balaban J connectivity index is 3.06. The summed E-state index contributed by atoms with van der Waals surface area (Å²) in [6.07, 6.45) is 0. The van der Waals surface area contributed by atoms with Gasteiger partial charge in [0, 0.05) is 19.7 Å². The van der Waals surface area contributed by atoms with Crippen LogP contribution in [-0.2, 0) is 4.74 Å². The molecule has 5 nitrogen and oxygen atoms in total. The highest BCUT2D eigenvalue weighted by Gasteiger charge is 2.22. The van der Waals surface area contributed by atoms with Crippen molar-refractivity contribution in [2.75, 3.05) is 25.7 Å². The molecule has 1 aromatic carbocycles. The van der Waals surface area contributed by atoms with Crippen LogP contribution in [0.15, 0.2) is 18.2 Å². The fraction of sp³-hybridized carbons (Fsp3) is 0.462. The first-order valence-electron chi connectivity index (χ1n) is 6.08. The minimum Gasteiger partial charge on any atom is -0.383 e. The van der Waals surface area contributed by atoms with Gasteiger partial charge in [-0.25, -0.2) is 4.39 Å². The van der Waals surface area contributed by atoms with Crippen molar-refractivity contribution in [3.63, 3.8) is 0 Å². The molecule has 0 saturated carbocycles. The molecule has 106 valence electrons. The number of rotatable bonds is 6. The molecule has 1 amide bonds. The van der Waals surface area contributed by atoms with Gasteiger partial charge in [-0.1, -0.05) is 6.07 Å². The number of ether oxygens (including phenoxy) is 1. The topological polar surface area (TPSA) is 67.6 Å². The summed E-state index contributed by atoms with van der Waals surface area (Å²) >= 11 is 0. The van der Waals surface area contributed by atoms with Gasteiger partial charge in [0.1, 0.15) is 5.82 Å². The molecule has 0 spiro atoms. The monoisotopic (exact) mass is 269 g/mol. The van der Waals surface area contributed by atoms with Gasteiger partial charge in [-0.15, -0.1) is 0 Å². The minimum atomic E-state index is -0.552. The fourth-order valence-corrected chi connectivity index (χ4v) is 1.79. The Bertz CT molecular complexity index is 438. The predicted octanol–water partition coefficient (Wildman–Crippen LogP) is 1.61. The van der Waals surface area contributed by atoms with Crippen molar-refractivity contribution in [3.05, 3.63) is 29.6 Å². The van der Waals surface area contributed by atoms with E-state index in [9.17, 15) is 9.18 Å². The van der Waals surface area contributed by atoms with Gasteiger partial charge in [0.15, 0.2) is 0 Å². The van der Waals surface area contributed by atoms with Crippen LogP contribution in [0.25, 0.3) is 0 Å². The predicted molar refractivity (Wildman–Crippen MR) is 72.3 cm³/mol. The maximum absolute atomic E-state index is 13.6. The zero-order valence-electron chi connectivity index (χ0n) is 11.4. The lowest BCUT2D eigenvalue weighted by Crippen LogP contribution is -2.39.